The molecule has 186 valence electrons. The third kappa shape index (κ3) is 7.05. The Morgan fingerprint density at radius 3 is 2.37 bits per heavy atom. The van der Waals surface area contributed by atoms with Gasteiger partial charge >= 0.3 is 6.09 Å². The van der Waals surface area contributed by atoms with Crippen LogP contribution in [0.1, 0.15) is 45.1 Å². The van der Waals surface area contributed by atoms with Crippen molar-refractivity contribution in [3.63, 3.8) is 0 Å². The maximum absolute atomic E-state index is 12.6. The third-order valence-corrected chi connectivity index (χ3v) is 4.85. The van der Waals surface area contributed by atoms with Crippen molar-refractivity contribution in [3.05, 3.63) is 54.4 Å². The summed E-state index contributed by atoms with van der Waals surface area (Å²) in [5.74, 6) is 0.924. The van der Waals surface area contributed by atoms with E-state index in [9.17, 15) is 9.59 Å². The third-order valence-electron chi connectivity index (χ3n) is 4.85. The standard InChI is InChI=1S/C26H32N4O5/c1-17(2)24(31)21-15-22(30(29-21)19-9-12-23(33-6)28-16-19)18-7-10-20(11-8-18)34-14-13-27-25(32)35-26(3,4)5/h7-12,15-17H,13-14H2,1-6H3,(H,27,32). The average Bonchev–Trinajstić information content (AvgIpc) is 3.26. The molecule has 0 fully saturated rings. The average molecular weight is 481 g/mol. The maximum atomic E-state index is 12.6. The number of Topliss-reactive ketones (excluding diaryl/α,β-unsaturated/α-hetero) is 1. The van der Waals surface area contributed by atoms with Crippen LogP contribution in [0.3, 0.4) is 0 Å². The molecule has 3 aromatic rings. The second-order valence-corrected chi connectivity index (χ2v) is 9.21. The first-order valence-electron chi connectivity index (χ1n) is 11.4. The first-order valence-corrected chi connectivity index (χ1v) is 11.4. The summed E-state index contributed by atoms with van der Waals surface area (Å²) < 4.78 is 17.8. The number of carbonyl (C=O) groups excluding carboxylic acids is 2. The number of methoxy groups -OCH3 is 1. The van der Waals surface area contributed by atoms with Gasteiger partial charge in [0, 0.05) is 17.5 Å². The van der Waals surface area contributed by atoms with Gasteiger partial charge in [-0.25, -0.2) is 14.5 Å². The van der Waals surface area contributed by atoms with Crippen LogP contribution in [0.15, 0.2) is 48.7 Å². The molecule has 1 N–H and O–H groups in total. The number of pyridine rings is 1. The highest BCUT2D eigenvalue weighted by Gasteiger charge is 2.19. The molecule has 2 aromatic heterocycles. The van der Waals surface area contributed by atoms with E-state index in [2.05, 4.69) is 15.4 Å². The molecule has 0 unspecified atom stereocenters. The summed E-state index contributed by atoms with van der Waals surface area (Å²) in [6.45, 7) is 9.73. The minimum atomic E-state index is -0.547. The van der Waals surface area contributed by atoms with Crippen molar-refractivity contribution in [3.8, 4) is 28.6 Å². The van der Waals surface area contributed by atoms with Crippen LogP contribution in [0.25, 0.3) is 16.9 Å². The highest BCUT2D eigenvalue weighted by atomic mass is 16.6. The predicted molar refractivity (Wildman–Crippen MR) is 132 cm³/mol. The first-order chi connectivity index (χ1) is 16.6. The number of nitrogens with zero attached hydrogens (tertiary/aromatic N) is 3. The lowest BCUT2D eigenvalue weighted by molar-refractivity contribution is 0.0520. The zero-order valence-corrected chi connectivity index (χ0v) is 21.0. The van der Waals surface area contributed by atoms with Crippen molar-refractivity contribution in [1.82, 2.24) is 20.1 Å². The number of ketones is 1. The Morgan fingerprint density at radius 2 is 1.80 bits per heavy atom. The first kappa shape index (κ1) is 25.7. The van der Waals surface area contributed by atoms with Gasteiger partial charge in [-0.3, -0.25) is 4.79 Å². The van der Waals surface area contributed by atoms with E-state index in [4.69, 9.17) is 14.2 Å². The molecule has 1 amide bonds. The highest BCUT2D eigenvalue weighted by molar-refractivity contribution is 5.96. The number of ether oxygens (including phenoxy) is 3. The lowest BCUT2D eigenvalue weighted by Crippen LogP contribution is -2.34. The van der Waals surface area contributed by atoms with Crippen LogP contribution >= 0.6 is 0 Å². The molecule has 35 heavy (non-hydrogen) atoms. The second-order valence-electron chi connectivity index (χ2n) is 9.21. The largest absolute Gasteiger partial charge is 0.492 e. The lowest BCUT2D eigenvalue weighted by Gasteiger charge is -2.19. The Kier molecular flexibility index (Phi) is 8.11. The van der Waals surface area contributed by atoms with Crippen LogP contribution in [-0.2, 0) is 4.74 Å². The van der Waals surface area contributed by atoms with Crippen molar-refractivity contribution in [2.75, 3.05) is 20.3 Å². The molecule has 0 bridgehead atoms. The van der Waals surface area contributed by atoms with Crippen LogP contribution < -0.4 is 14.8 Å². The molecule has 0 aliphatic carbocycles. The number of amides is 1. The summed E-state index contributed by atoms with van der Waals surface area (Å²) in [7, 11) is 1.55. The summed E-state index contributed by atoms with van der Waals surface area (Å²) >= 11 is 0. The summed E-state index contributed by atoms with van der Waals surface area (Å²) in [4.78, 5) is 28.6. The van der Waals surface area contributed by atoms with Crippen molar-refractivity contribution in [2.24, 2.45) is 5.92 Å². The van der Waals surface area contributed by atoms with Crippen LogP contribution in [0, 0.1) is 5.92 Å². The monoisotopic (exact) mass is 480 g/mol. The number of carbonyl (C=O) groups is 2. The van der Waals surface area contributed by atoms with E-state index in [0.29, 0.717) is 36.2 Å². The molecule has 1 aromatic carbocycles. The fourth-order valence-corrected chi connectivity index (χ4v) is 3.18. The van der Waals surface area contributed by atoms with Gasteiger partial charge in [-0.1, -0.05) is 13.8 Å². The molecule has 3 rings (SSSR count). The molecule has 0 saturated carbocycles. The molecule has 0 saturated heterocycles. The molecule has 0 aliphatic rings. The molecule has 0 spiro atoms. The van der Waals surface area contributed by atoms with Crippen molar-refractivity contribution >= 4 is 11.9 Å². The summed E-state index contributed by atoms with van der Waals surface area (Å²) in [5, 5.41) is 7.22. The van der Waals surface area contributed by atoms with Crippen molar-refractivity contribution in [2.45, 2.75) is 40.2 Å². The second kappa shape index (κ2) is 11.0. The highest BCUT2D eigenvalue weighted by Crippen LogP contribution is 2.27. The molecule has 0 radical (unpaired) electrons. The lowest BCUT2D eigenvalue weighted by atomic mass is 10.1. The maximum Gasteiger partial charge on any atom is 0.407 e. The molecule has 9 heteroatoms. The Hall–Kier alpha value is -3.88. The van der Waals surface area contributed by atoms with Gasteiger partial charge in [-0.2, -0.15) is 5.10 Å². The Morgan fingerprint density at radius 1 is 1.09 bits per heavy atom. The number of nitrogens with one attached hydrogen (secondary N) is 1. The normalized spacial score (nSPS) is 11.3. The number of alkyl carbamates (subject to hydrolysis) is 1. The zero-order chi connectivity index (χ0) is 25.6. The summed E-state index contributed by atoms with van der Waals surface area (Å²) in [6.07, 6.45) is 1.16. The van der Waals surface area contributed by atoms with Gasteiger partial charge < -0.3 is 19.5 Å². The minimum absolute atomic E-state index is 0.0380. The Bertz CT molecular complexity index is 1150. The summed E-state index contributed by atoms with van der Waals surface area (Å²) in [6, 6.07) is 12.8. The zero-order valence-electron chi connectivity index (χ0n) is 21.0. The van der Waals surface area contributed by atoms with E-state index >= 15 is 0 Å². The van der Waals surface area contributed by atoms with Gasteiger partial charge in [0.1, 0.15) is 23.7 Å². The number of hydrogen-bond acceptors (Lipinski definition) is 7. The van der Waals surface area contributed by atoms with E-state index in [1.165, 1.54) is 0 Å². The van der Waals surface area contributed by atoms with Crippen LogP contribution in [0.4, 0.5) is 4.79 Å². The molecule has 9 nitrogen and oxygen atoms in total. The Labute approximate surface area is 205 Å². The van der Waals surface area contributed by atoms with Gasteiger partial charge in [0.15, 0.2) is 5.78 Å². The number of aromatic nitrogens is 3. The Balaban J connectivity index is 1.74. The number of hydrogen-bond donors (Lipinski definition) is 1. The number of rotatable bonds is 9. The molecule has 0 aliphatic heterocycles. The number of benzene rings is 1. The predicted octanol–water partition coefficient (Wildman–Crippen LogP) is 4.69. The topological polar surface area (TPSA) is 105 Å². The van der Waals surface area contributed by atoms with Gasteiger partial charge in [0.2, 0.25) is 5.88 Å². The molecular weight excluding hydrogens is 448 g/mol. The van der Waals surface area contributed by atoms with Crippen molar-refractivity contribution < 1.29 is 23.8 Å². The van der Waals surface area contributed by atoms with E-state index < -0.39 is 11.7 Å². The minimum Gasteiger partial charge on any atom is -0.492 e. The molecule has 2 heterocycles. The quantitative estimate of drug-likeness (QED) is 0.350. The van der Waals surface area contributed by atoms with Crippen LogP contribution in [0.2, 0.25) is 0 Å². The van der Waals surface area contributed by atoms with E-state index in [0.717, 1.165) is 11.3 Å². The summed E-state index contributed by atoms with van der Waals surface area (Å²) in [5.41, 5.74) is 2.15. The van der Waals surface area contributed by atoms with Gasteiger partial charge in [-0.05, 0) is 57.2 Å². The van der Waals surface area contributed by atoms with Gasteiger partial charge in [-0.15, -0.1) is 0 Å². The van der Waals surface area contributed by atoms with Crippen LogP contribution in [-0.4, -0.2) is 52.5 Å². The fraction of sp³-hybridized carbons (Fsp3) is 0.385. The smallest absolute Gasteiger partial charge is 0.407 e. The van der Waals surface area contributed by atoms with Gasteiger partial charge in [0.25, 0.3) is 0 Å². The fourth-order valence-electron chi connectivity index (χ4n) is 3.18. The van der Waals surface area contributed by atoms with Crippen LogP contribution in [0.5, 0.6) is 11.6 Å². The van der Waals surface area contributed by atoms with E-state index in [1.54, 1.807) is 30.1 Å². The molecule has 0 atom stereocenters. The molecular formula is C26H32N4O5. The van der Waals surface area contributed by atoms with Gasteiger partial charge in [0.05, 0.1) is 31.2 Å². The van der Waals surface area contributed by atoms with E-state index in [1.807, 2.05) is 65.0 Å². The SMILES string of the molecule is COc1ccc(-n2nc(C(=O)C(C)C)cc2-c2ccc(OCCNC(=O)OC(C)(C)C)cc2)cn1. The van der Waals surface area contributed by atoms with E-state index in [-0.39, 0.29) is 11.7 Å². The van der Waals surface area contributed by atoms with Crippen molar-refractivity contribution in [1.29, 1.82) is 0 Å².